The zero-order valence-corrected chi connectivity index (χ0v) is 47.2. The molecule has 7 heteroatoms. The first kappa shape index (κ1) is 51.6. The molecule has 10 aromatic carbocycles. The van der Waals surface area contributed by atoms with Crippen molar-refractivity contribution in [1.29, 1.82) is 0 Å². The SMILES string of the molecule is Cc1ccccc1C(OC(c1ccccc1C)C1OC1(C(CC1CO1)c1cccc2ccccc12)C(CC1CO1)c1cccc2ccccc12)C1OC1(C(CC1CO1)c1cccc2ccccc12)C(CC1CO1)c1cccc2ccccc12. The highest BCUT2D eigenvalue weighted by atomic mass is 16.7. The molecule has 16 rings (SSSR count). The second-order valence-corrected chi connectivity index (χ2v) is 24.7. The summed E-state index contributed by atoms with van der Waals surface area (Å²) in [7, 11) is 0. The molecule has 12 atom stereocenters. The van der Waals surface area contributed by atoms with E-state index in [1.54, 1.807) is 0 Å². The predicted molar refractivity (Wildman–Crippen MR) is 328 cm³/mol. The van der Waals surface area contributed by atoms with Gasteiger partial charge in [-0.25, -0.2) is 0 Å². The van der Waals surface area contributed by atoms with Crippen LogP contribution in [0.2, 0.25) is 0 Å². The first-order valence-electron chi connectivity index (χ1n) is 30.4. The maximum absolute atomic E-state index is 8.54. The summed E-state index contributed by atoms with van der Waals surface area (Å²) in [4.78, 5) is 0. The maximum Gasteiger partial charge on any atom is 0.119 e. The highest BCUT2D eigenvalue weighted by Crippen LogP contribution is 2.69. The Morgan fingerprint density at radius 1 is 0.325 bits per heavy atom. The van der Waals surface area contributed by atoms with Crippen LogP contribution >= 0.6 is 0 Å². The minimum Gasteiger partial charge on any atom is -0.373 e. The van der Waals surface area contributed by atoms with Crippen LogP contribution in [0.4, 0.5) is 0 Å². The third-order valence-corrected chi connectivity index (χ3v) is 19.8. The van der Waals surface area contributed by atoms with Crippen molar-refractivity contribution in [3.8, 4) is 0 Å². The second-order valence-electron chi connectivity index (χ2n) is 24.7. The third kappa shape index (κ3) is 9.50. The summed E-state index contributed by atoms with van der Waals surface area (Å²) in [5, 5.41) is 9.85. The largest absolute Gasteiger partial charge is 0.373 e. The lowest BCUT2D eigenvalue weighted by Gasteiger charge is -2.37. The standard InChI is InChI=1S/C76H70O7/c1-47-19-3-9-29-57(47)71(73-75(82-73,67(39-53-43-77-53)63-35-15-25-49-21-5-11-31-59(49)63)68(40-54-44-78-54)64-36-16-26-50-22-6-12-32-60(50)64)81-72(58-30-10-4-20-48(58)2)74-76(83-74,69(41-55-45-79-55)65-37-17-27-51-23-7-13-33-61(51)65)70(42-56-46-80-56)66-38-18-28-52-24-8-14-34-62(52)66/h3-38,53-56,67-74H,39-46H2,1-2H3. The second kappa shape index (κ2) is 20.9. The van der Waals surface area contributed by atoms with Crippen LogP contribution in [0.5, 0.6) is 0 Å². The Kier molecular flexibility index (Phi) is 13.0. The van der Waals surface area contributed by atoms with Gasteiger partial charge in [0.2, 0.25) is 0 Å². The molecule has 12 unspecified atom stereocenters. The summed E-state index contributed by atoms with van der Waals surface area (Å²) in [6.45, 7) is 7.41. The van der Waals surface area contributed by atoms with Gasteiger partial charge in [-0.15, -0.1) is 0 Å². The molecule has 7 nitrogen and oxygen atoms in total. The third-order valence-electron chi connectivity index (χ3n) is 19.8. The Morgan fingerprint density at radius 2 is 0.566 bits per heavy atom. The van der Waals surface area contributed by atoms with Gasteiger partial charge in [0.1, 0.15) is 35.6 Å². The van der Waals surface area contributed by atoms with E-state index in [4.69, 9.17) is 33.2 Å². The molecule has 0 saturated carbocycles. The summed E-state index contributed by atoms with van der Waals surface area (Å²) in [5.41, 5.74) is 8.15. The van der Waals surface area contributed by atoms with Crippen molar-refractivity contribution < 1.29 is 33.2 Å². The van der Waals surface area contributed by atoms with Crippen LogP contribution in [0.1, 0.15) is 106 Å². The van der Waals surface area contributed by atoms with E-state index in [1.165, 1.54) is 65.3 Å². The fraction of sp³-hybridized carbons (Fsp3) is 0.316. The number of ether oxygens (including phenoxy) is 7. The molecule has 0 aromatic heterocycles. The normalized spacial score (nSPS) is 27.0. The number of hydrogen-bond acceptors (Lipinski definition) is 7. The summed E-state index contributed by atoms with van der Waals surface area (Å²) >= 11 is 0. The van der Waals surface area contributed by atoms with Gasteiger partial charge in [0.25, 0.3) is 0 Å². The molecule has 6 fully saturated rings. The van der Waals surface area contributed by atoms with Gasteiger partial charge in [0.15, 0.2) is 0 Å². The quantitative estimate of drug-likeness (QED) is 0.0625. The van der Waals surface area contributed by atoms with E-state index < -0.39 is 35.6 Å². The van der Waals surface area contributed by atoms with Gasteiger partial charge in [-0.1, -0.05) is 218 Å². The predicted octanol–water partition coefficient (Wildman–Crippen LogP) is 16.3. The molecule has 0 amide bonds. The number of rotatable bonds is 22. The van der Waals surface area contributed by atoms with Gasteiger partial charge < -0.3 is 33.2 Å². The monoisotopic (exact) mass is 1090 g/mol. The van der Waals surface area contributed by atoms with Gasteiger partial charge >= 0.3 is 0 Å². The average Bonchev–Trinajstić information content (AvgIpc) is 2.09. The van der Waals surface area contributed by atoms with Gasteiger partial charge in [-0.3, -0.25) is 0 Å². The number of hydrogen-bond donors (Lipinski definition) is 0. The van der Waals surface area contributed by atoms with Crippen molar-refractivity contribution in [3.05, 3.63) is 263 Å². The number of benzene rings is 10. The average molecular weight is 1100 g/mol. The molecule has 6 aliphatic heterocycles. The highest BCUT2D eigenvalue weighted by molar-refractivity contribution is 5.90. The van der Waals surface area contributed by atoms with Crippen LogP contribution in [0, 0.1) is 13.8 Å². The Morgan fingerprint density at radius 3 is 0.843 bits per heavy atom. The zero-order chi connectivity index (χ0) is 55.2. The molecule has 6 aliphatic rings. The van der Waals surface area contributed by atoms with Crippen LogP contribution in [0.3, 0.4) is 0 Å². The minimum atomic E-state index is -0.777. The molecule has 0 bridgehead atoms. The molecule has 0 radical (unpaired) electrons. The molecule has 83 heavy (non-hydrogen) atoms. The smallest absolute Gasteiger partial charge is 0.119 e. The van der Waals surface area contributed by atoms with Crippen LogP contribution in [-0.4, -0.2) is 74.3 Å². The molecule has 416 valence electrons. The fourth-order valence-electron chi connectivity index (χ4n) is 15.5. The molecule has 6 saturated heterocycles. The summed E-state index contributed by atoms with van der Waals surface area (Å²) in [5.74, 6) is -0.331. The topological polar surface area (TPSA) is 84.4 Å². The summed E-state index contributed by atoms with van der Waals surface area (Å²) in [6, 6.07) is 80.7. The lowest BCUT2D eigenvalue weighted by Crippen LogP contribution is -2.39. The fourth-order valence-corrected chi connectivity index (χ4v) is 15.5. The molecular weight excluding hydrogens is 1020 g/mol. The molecule has 10 aromatic rings. The number of fused-ring (bicyclic) bond motifs is 4. The van der Waals surface area contributed by atoms with Crippen molar-refractivity contribution in [2.24, 2.45) is 0 Å². The zero-order valence-electron chi connectivity index (χ0n) is 47.2. The van der Waals surface area contributed by atoms with Crippen molar-refractivity contribution in [1.82, 2.24) is 0 Å². The Balaban J connectivity index is 0.921. The lowest BCUT2D eigenvalue weighted by atomic mass is 9.66. The van der Waals surface area contributed by atoms with Crippen molar-refractivity contribution in [3.63, 3.8) is 0 Å². The summed E-state index contributed by atoms with van der Waals surface area (Å²) < 4.78 is 50.1. The van der Waals surface area contributed by atoms with Gasteiger partial charge in [-0.2, -0.15) is 0 Å². The summed E-state index contributed by atoms with van der Waals surface area (Å²) in [6.07, 6.45) is 1.75. The van der Waals surface area contributed by atoms with E-state index in [0.717, 1.165) is 74.4 Å². The Labute approximate surface area is 486 Å². The number of aryl methyl sites for hydroxylation is 2. The molecule has 0 aliphatic carbocycles. The molecule has 6 heterocycles. The molecule has 0 N–H and O–H groups in total. The van der Waals surface area contributed by atoms with Gasteiger partial charge in [0.05, 0.1) is 50.8 Å². The van der Waals surface area contributed by atoms with E-state index in [2.05, 4.69) is 232 Å². The molecule has 0 spiro atoms. The van der Waals surface area contributed by atoms with E-state index in [0.29, 0.717) is 0 Å². The lowest BCUT2D eigenvalue weighted by molar-refractivity contribution is -0.0433. The Bertz CT molecular complexity index is 3570. The van der Waals surface area contributed by atoms with E-state index in [-0.39, 0.29) is 48.1 Å². The van der Waals surface area contributed by atoms with Crippen LogP contribution in [0.25, 0.3) is 43.1 Å². The van der Waals surface area contributed by atoms with E-state index in [9.17, 15) is 0 Å². The van der Waals surface area contributed by atoms with E-state index in [1.807, 2.05) is 0 Å². The van der Waals surface area contributed by atoms with Crippen LogP contribution in [-0.2, 0) is 33.2 Å². The highest BCUT2D eigenvalue weighted by Gasteiger charge is 2.73. The van der Waals surface area contributed by atoms with Gasteiger partial charge in [0, 0.05) is 23.7 Å². The first-order valence-corrected chi connectivity index (χ1v) is 30.4. The molecular formula is C76H70O7. The number of epoxide rings is 6. The van der Waals surface area contributed by atoms with Crippen LogP contribution < -0.4 is 0 Å². The minimum absolute atomic E-state index is 0.0827. The van der Waals surface area contributed by atoms with Crippen molar-refractivity contribution in [2.75, 3.05) is 26.4 Å². The van der Waals surface area contributed by atoms with Gasteiger partial charge in [-0.05, 0) is 127 Å². The Hall–Kier alpha value is -7.04. The van der Waals surface area contributed by atoms with Crippen molar-refractivity contribution >= 4 is 43.1 Å². The maximum atomic E-state index is 8.54. The van der Waals surface area contributed by atoms with Crippen LogP contribution in [0.15, 0.2) is 218 Å². The van der Waals surface area contributed by atoms with E-state index >= 15 is 0 Å². The van der Waals surface area contributed by atoms with Crippen molar-refractivity contribution in [2.45, 2.75) is 123 Å². The first-order chi connectivity index (χ1) is 40.9.